The van der Waals surface area contributed by atoms with E-state index in [9.17, 15) is 0 Å². The van der Waals surface area contributed by atoms with Crippen LogP contribution in [0.4, 0.5) is 0 Å². The minimum atomic E-state index is 0.920. The molecule has 0 aliphatic heterocycles. The van der Waals surface area contributed by atoms with Crippen molar-refractivity contribution in [1.29, 1.82) is 0 Å². The summed E-state index contributed by atoms with van der Waals surface area (Å²) in [6.45, 7) is 0. The number of halogens is 1. The Morgan fingerprint density at radius 1 is 1.25 bits per heavy atom. The van der Waals surface area contributed by atoms with Crippen LogP contribution in [-0.4, -0.2) is 15.2 Å². The quantitative estimate of drug-likeness (QED) is 0.770. The lowest BCUT2D eigenvalue weighted by molar-refractivity contribution is 1.02. The van der Waals surface area contributed by atoms with E-state index >= 15 is 0 Å². The van der Waals surface area contributed by atoms with Crippen molar-refractivity contribution in [2.45, 2.75) is 0 Å². The summed E-state index contributed by atoms with van der Waals surface area (Å²) in [6, 6.07) is 0. The van der Waals surface area contributed by atoms with Crippen LogP contribution in [0, 0.1) is 0 Å². The van der Waals surface area contributed by atoms with Gasteiger partial charge in [0, 0.05) is 15.4 Å². The third-order valence-corrected chi connectivity index (χ3v) is 2.61. The number of hydrogen-bond donors (Lipinski definition) is 0. The highest BCUT2D eigenvalue weighted by Crippen LogP contribution is 2.25. The Morgan fingerprint density at radius 3 is 2.75 bits per heavy atom. The van der Waals surface area contributed by atoms with Crippen LogP contribution in [0.15, 0.2) is 27.8 Å². The highest BCUT2D eigenvalue weighted by atomic mass is 79.9. The average Bonchev–Trinajstić information content (AvgIpc) is 2.57. The molecule has 0 radical (unpaired) electrons. The maximum absolute atomic E-state index is 4.17. The number of nitrogens with zero attached hydrogens (tertiary/aromatic N) is 3. The molecule has 0 bridgehead atoms. The molecule has 3 nitrogen and oxygen atoms in total. The zero-order valence-electron chi connectivity index (χ0n) is 5.94. The second kappa shape index (κ2) is 3.28. The van der Waals surface area contributed by atoms with Gasteiger partial charge >= 0.3 is 0 Å². The van der Waals surface area contributed by atoms with Gasteiger partial charge in [-0.25, -0.2) is 4.98 Å². The largest absolute Gasteiger partial charge is 0.245 e. The summed E-state index contributed by atoms with van der Waals surface area (Å²) >= 11 is 4.94. The summed E-state index contributed by atoms with van der Waals surface area (Å²) < 4.78 is 0.920. The molecule has 5 heteroatoms. The van der Waals surface area contributed by atoms with Crippen molar-refractivity contribution in [3.05, 3.63) is 27.8 Å². The summed E-state index contributed by atoms with van der Waals surface area (Å²) in [4.78, 5) is 4.17. The van der Waals surface area contributed by atoms with E-state index in [4.69, 9.17) is 0 Å². The Balaban J connectivity index is 2.55. The van der Waals surface area contributed by atoms with Gasteiger partial charge in [0.2, 0.25) is 0 Å². The number of rotatable bonds is 1. The van der Waals surface area contributed by atoms with Gasteiger partial charge in [-0.3, -0.25) is 0 Å². The number of aromatic nitrogens is 3. The van der Waals surface area contributed by atoms with Crippen LogP contribution < -0.4 is 0 Å². The van der Waals surface area contributed by atoms with Crippen LogP contribution in [0.5, 0.6) is 0 Å². The fourth-order valence-electron chi connectivity index (χ4n) is 0.840. The van der Waals surface area contributed by atoms with Gasteiger partial charge in [-0.1, -0.05) is 0 Å². The Bertz CT molecular complexity index is 374. The van der Waals surface area contributed by atoms with Crippen LogP contribution in [-0.2, 0) is 0 Å². The number of hydrogen-bond acceptors (Lipinski definition) is 4. The first-order valence-corrected chi connectivity index (χ1v) is 4.96. The SMILES string of the molecule is Brc1cnncc1-c1cscn1. The van der Waals surface area contributed by atoms with Gasteiger partial charge in [0.25, 0.3) is 0 Å². The standard InChI is InChI=1S/C7H4BrN3S/c8-6-2-11-10-1-5(6)7-3-12-4-9-7/h1-4H. The van der Waals surface area contributed by atoms with E-state index in [0.29, 0.717) is 0 Å². The molecule has 0 fully saturated rings. The van der Waals surface area contributed by atoms with E-state index in [1.54, 1.807) is 29.2 Å². The van der Waals surface area contributed by atoms with Gasteiger partial charge < -0.3 is 0 Å². The van der Waals surface area contributed by atoms with Crippen LogP contribution in [0.3, 0.4) is 0 Å². The van der Waals surface area contributed by atoms with E-state index < -0.39 is 0 Å². The molecule has 2 rings (SSSR count). The van der Waals surface area contributed by atoms with E-state index in [1.807, 2.05) is 5.38 Å². The van der Waals surface area contributed by atoms with Gasteiger partial charge in [-0.15, -0.1) is 11.3 Å². The number of thiazole rings is 1. The summed E-state index contributed by atoms with van der Waals surface area (Å²) in [6.07, 6.45) is 3.35. The molecule has 0 aliphatic carbocycles. The van der Waals surface area contributed by atoms with Crippen molar-refractivity contribution >= 4 is 27.3 Å². The summed E-state index contributed by atoms with van der Waals surface area (Å²) in [7, 11) is 0. The smallest absolute Gasteiger partial charge is 0.0839 e. The molecular formula is C7H4BrN3S. The lowest BCUT2D eigenvalue weighted by Crippen LogP contribution is -1.84. The lowest BCUT2D eigenvalue weighted by Gasteiger charge is -1.96. The molecule has 0 spiro atoms. The van der Waals surface area contributed by atoms with Gasteiger partial charge in [0.15, 0.2) is 0 Å². The highest BCUT2D eigenvalue weighted by molar-refractivity contribution is 9.10. The first-order chi connectivity index (χ1) is 5.88. The van der Waals surface area contributed by atoms with Crippen molar-refractivity contribution in [2.24, 2.45) is 0 Å². The third kappa shape index (κ3) is 1.37. The van der Waals surface area contributed by atoms with Gasteiger partial charge in [0.1, 0.15) is 0 Å². The third-order valence-electron chi connectivity index (χ3n) is 1.39. The maximum atomic E-state index is 4.17. The highest BCUT2D eigenvalue weighted by Gasteiger charge is 2.03. The second-order valence-corrected chi connectivity index (χ2v) is 3.70. The molecule has 12 heavy (non-hydrogen) atoms. The van der Waals surface area contributed by atoms with E-state index in [1.165, 1.54) is 0 Å². The maximum Gasteiger partial charge on any atom is 0.0839 e. The fourth-order valence-corrected chi connectivity index (χ4v) is 1.79. The zero-order valence-corrected chi connectivity index (χ0v) is 8.34. The molecule has 0 aliphatic rings. The summed E-state index contributed by atoms with van der Waals surface area (Å²) in [5.41, 5.74) is 3.70. The van der Waals surface area contributed by atoms with Crippen molar-refractivity contribution in [3.8, 4) is 11.3 Å². The molecule has 0 N–H and O–H groups in total. The molecule has 0 saturated heterocycles. The normalized spacial score (nSPS) is 10.1. The Kier molecular flexibility index (Phi) is 2.14. The molecule has 60 valence electrons. The monoisotopic (exact) mass is 241 g/mol. The minimum absolute atomic E-state index is 0.920. The van der Waals surface area contributed by atoms with Crippen molar-refractivity contribution in [3.63, 3.8) is 0 Å². The van der Waals surface area contributed by atoms with Gasteiger partial charge in [-0.05, 0) is 15.9 Å². The van der Waals surface area contributed by atoms with Crippen LogP contribution in [0.25, 0.3) is 11.3 Å². The Hall–Kier alpha value is -0.810. The average molecular weight is 242 g/mol. The predicted molar refractivity (Wildman–Crippen MR) is 50.8 cm³/mol. The molecule has 0 atom stereocenters. The van der Waals surface area contributed by atoms with Crippen molar-refractivity contribution in [2.75, 3.05) is 0 Å². The van der Waals surface area contributed by atoms with Crippen LogP contribution in [0.2, 0.25) is 0 Å². The molecule has 2 aromatic rings. The Labute approximate surface area is 81.6 Å². The molecule has 0 aromatic carbocycles. The molecular weight excluding hydrogens is 238 g/mol. The van der Waals surface area contributed by atoms with Gasteiger partial charge in [-0.2, -0.15) is 10.2 Å². The molecule has 0 saturated carbocycles. The summed E-state index contributed by atoms with van der Waals surface area (Å²) in [5.74, 6) is 0. The van der Waals surface area contributed by atoms with E-state index in [0.717, 1.165) is 15.7 Å². The predicted octanol–water partition coefficient (Wildman–Crippen LogP) is 2.36. The first-order valence-electron chi connectivity index (χ1n) is 3.22. The first kappa shape index (κ1) is 7.82. The Morgan fingerprint density at radius 2 is 2.08 bits per heavy atom. The van der Waals surface area contributed by atoms with Gasteiger partial charge in [0.05, 0.1) is 23.6 Å². The van der Waals surface area contributed by atoms with E-state index in [-0.39, 0.29) is 0 Å². The van der Waals surface area contributed by atoms with Crippen LogP contribution >= 0.6 is 27.3 Å². The van der Waals surface area contributed by atoms with Crippen molar-refractivity contribution in [1.82, 2.24) is 15.2 Å². The minimum Gasteiger partial charge on any atom is -0.245 e. The van der Waals surface area contributed by atoms with Crippen LogP contribution in [0.1, 0.15) is 0 Å². The summed E-state index contributed by atoms with van der Waals surface area (Å²) in [5, 5.41) is 9.49. The zero-order chi connectivity index (χ0) is 8.39. The molecule has 0 amide bonds. The topological polar surface area (TPSA) is 38.7 Å². The lowest BCUT2D eigenvalue weighted by atomic mass is 10.2. The van der Waals surface area contributed by atoms with Crippen molar-refractivity contribution < 1.29 is 0 Å². The molecule has 0 unspecified atom stereocenters. The second-order valence-electron chi connectivity index (χ2n) is 2.12. The molecule has 2 aromatic heterocycles. The molecule has 2 heterocycles. The fraction of sp³-hybridized carbons (Fsp3) is 0. The van der Waals surface area contributed by atoms with E-state index in [2.05, 4.69) is 31.1 Å².